The molecule has 0 aliphatic rings. The van der Waals surface area contributed by atoms with Crippen molar-refractivity contribution < 1.29 is 22.7 Å². The minimum absolute atomic E-state index is 0.143. The zero-order valence-corrected chi connectivity index (χ0v) is 15.9. The third-order valence-electron chi connectivity index (χ3n) is 3.69. The summed E-state index contributed by atoms with van der Waals surface area (Å²) in [5.74, 6) is 0.817. The van der Waals surface area contributed by atoms with E-state index in [-0.39, 0.29) is 23.5 Å². The minimum Gasteiger partial charge on any atom is -0.490 e. The van der Waals surface area contributed by atoms with Gasteiger partial charge in [0.2, 0.25) is 0 Å². The van der Waals surface area contributed by atoms with Crippen molar-refractivity contribution in [2.45, 2.75) is 24.8 Å². The van der Waals surface area contributed by atoms with Crippen molar-refractivity contribution in [2.24, 2.45) is 0 Å². The highest BCUT2D eigenvalue weighted by Gasteiger charge is 2.13. The highest BCUT2D eigenvalue weighted by Crippen LogP contribution is 2.26. The Morgan fingerprint density at radius 3 is 2.15 bits per heavy atom. The normalized spacial score (nSPS) is 12.3. The van der Waals surface area contributed by atoms with Gasteiger partial charge in [-0.15, -0.1) is 0 Å². The van der Waals surface area contributed by atoms with Crippen LogP contribution in [0.5, 0.6) is 11.5 Å². The van der Waals surface area contributed by atoms with Gasteiger partial charge in [-0.05, 0) is 43.7 Å². The number of rotatable bonds is 8. The van der Waals surface area contributed by atoms with Gasteiger partial charge in [0.25, 0.3) is 5.91 Å². The maximum Gasteiger partial charge on any atom is 0.258 e. The summed E-state index contributed by atoms with van der Waals surface area (Å²) < 4.78 is 34.0. The summed E-state index contributed by atoms with van der Waals surface area (Å²) in [6, 6.07) is 13.3. The molecule has 26 heavy (non-hydrogen) atoms. The summed E-state index contributed by atoms with van der Waals surface area (Å²) >= 11 is 0. The van der Waals surface area contributed by atoms with Gasteiger partial charge in [-0.2, -0.15) is 0 Å². The smallest absolute Gasteiger partial charge is 0.258 e. The van der Waals surface area contributed by atoms with Gasteiger partial charge in [0.15, 0.2) is 27.9 Å². The molecular formula is C19H23NO5S. The Kier molecular flexibility index (Phi) is 6.63. The number of nitrogens with one attached hydrogen (secondary N) is 1. The number of carbonyl (C=O) groups is 1. The monoisotopic (exact) mass is 377 g/mol. The van der Waals surface area contributed by atoms with Crippen LogP contribution in [0, 0.1) is 0 Å². The van der Waals surface area contributed by atoms with E-state index in [0.29, 0.717) is 18.1 Å². The van der Waals surface area contributed by atoms with Crippen LogP contribution < -0.4 is 14.8 Å². The Bertz CT molecular complexity index is 846. The molecule has 2 rings (SSSR count). The molecule has 1 atom stereocenters. The molecule has 140 valence electrons. The number of benzene rings is 2. The molecule has 2 aromatic rings. The molecule has 2 aromatic carbocycles. The summed E-state index contributed by atoms with van der Waals surface area (Å²) in [6.07, 6.45) is 1.16. The fraction of sp³-hybridized carbons (Fsp3) is 0.316. The maximum absolute atomic E-state index is 12.1. The van der Waals surface area contributed by atoms with Crippen molar-refractivity contribution in [1.82, 2.24) is 5.32 Å². The van der Waals surface area contributed by atoms with Crippen molar-refractivity contribution in [3.8, 4) is 11.5 Å². The van der Waals surface area contributed by atoms with E-state index in [2.05, 4.69) is 5.32 Å². The standard InChI is InChI=1S/C19H23NO5S/c1-4-24-17-7-5-6-8-18(17)25-13-19(21)20-14(2)15-9-11-16(12-10-15)26(3,22)23/h5-12,14H,4,13H2,1-3H3,(H,20,21). The van der Waals surface area contributed by atoms with Crippen LogP contribution in [-0.4, -0.2) is 33.8 Å². The molecule has 0 fully saturated rings. The first-order valence-corrected chi connectivity index (χ1v) is 10.1. The molecule has 0 aromatic heterocycles. The molecule has 6 nitrogen and oxygen atoms in total. The third-order valence-corrected chi connectivity index (χ3v) is 4.82. The Morgan fingerprint density at radius 2 is 1.62 bits per heavy atom. The van der Waals surface area contributed by atoms with E-state index in [1.165, 1.54) is 12.1 Å². The molecular weight excluding hydrogens is 354 g/mol. The number of hydrogen-bond donors (Lipinski definition) is 1. The molecule has 0 spiro atoms. The number of carbonyl (C=O) groups excluding carboxylic acids is 1. The summed E-state index contributed by atoms with van der Waals surface area (Å²) in [4.78, 5) is 12.4. The van der Waals surface area contributed by atoms with Crippen LogP contribution in [0.25, 0.3) is 0 Å². The molecule has 1 unspecified atom stereocenters. The van der Waals surface area contributed by atoms with Gasteiger partial charge in [0, 0.05) is 6.26 Å². The third kappa shape index (κ3) is 5.49. The maximum atomic E-state index is 12.1. The van der Waals surface area contributed by atoms with Crippen molar-refractivity contribution >= 4 is 15.7 Å². The second kappa shape index (κ2) is 8.71. The molecule has 0 saturated carbocycles. The fourth-order valence-corrected chi connectivity index (χ4v) is 2.99. The van der Waals surface area contributed by atoms with E-state index in [9.17, 15) is 13.2 Å². The van der Waals surface area contributed by atoms with Gasteiger partial charge in [0.1, 0.15) is 0 Å². The van der Waals surface area contributed by atoms with E-state index >= 15 is 0 Å². The minimum atomic E-state index is -3.24. The van der Waals surface area contributed by atoms with Gasteiger partial charge in [-0.25, -0.2) is 8.42 Å². The van der Waals surface area contributed by atoms with Crippen molar-refractivity contribution in [1.29, 1.82) is 0 Å². The van der Waals surface area contributed by atoms with E-state index in [1.807, 2.05) is 26.0 Å². The van der Waals surface area contributed by atoms with Crippen LogP contribution in [0.15, 0.2) is 53.4 Å². The van der Waals surface area contributed by atoms with Gasteiger partial charge >= 0.3 is 0 Å². The Balaban J connectivity index is 1.93. The SMILES string of the molecule is CCOc1ccccc1OCC(=O)NC(C)c1ccc(S(C)(=O)=O)cc1. The second-order valence-corrected chi connectivity index (χ2v) is 7.81. The summed E-state index contributed by atoms with van der Waals surface area (Å²) in [6.45, 7) is 4.06. The fourth-order valence-electron chi connectivity index (χ4n) is 2.36. The van der Waals surface area contributed by atoms with Crippen LogP contribution in [0.3, 0.4) is 0 Å². The van der Waals surface area contributed by atoms with Crippen LogP contribution >= 0.6 is 0 Å². The highest BCUT2D eigenvalue weighted by atomic mass is 32.2. The molecule has 0 aliphatic carbocycles. The summed E-state index contributed by atoms with van der Waals surface area (Å²) in [5.41, 5.74) is 0.806. The van der Waals surface area contributed by atoms with E-state index < -0.39 is 9.84 Å². The Morgan fingerprint density at radius 1 is 1.04 bits per heavy atom. The lowest BCUT2D eigenvalue weighted by atomic mass is 10.1. The van der Waals surface area contributed by atoms with E-state index in [4.69, 9.17) is 9.47 Å². The number of para-hydroxylation sites is 2. The summed E-state index contributed by atoms with van der Waals surface area (Å²) in [7, 11) is -3.24. The van der Waals surface area contributed by atoms with Crippen molar-refractivity contribution in [3.63, 3.8) is 0 Å². The zero-order valence-electron chi connectivity index (χ0n) is 15.1. The van der Waals surface area contributed by atoms with Gasteiger partial charge < -0.3 is 14.8 Å². The summed E-state index contributed by atoms with van der Waals surface area (Å²) in [5, 5.41) is 2.82. The lowest BCUT2D eigenvalue weighted by Gasteiger charge is -2.16. The predicted octanol–water partition coefficient (Wildman–Crippen LogP) is 2.75. The first-order chi connectivity index (χ1) is 12.3. The van der Waals surface area contributed by atoms with Crippen LogP contribution in [0.2, 0.25) is 0 Å². The number of ether oxygens (including phenoxy) is 2. The van der Waals surface area contributed by atoms with Crippen molar-refractivity contribution in [3.05, 3.63) is 54.1 Å². The first-order valence-electron chi connectivity index (χ1n) is 8.25. The van der Waals surface area contributed by atoms with E-state index in [0.717, 1.165) is 11.8 Å². The largest absolute Gasteiger partial charge is 0.490 e. The van der Waals surface area contributed by atoms with Crippen LogP contribution in [0.4, 0.5) is 0 Å². The molecule has 1 amide bonds. The first kappa shape index (κ1) is 19.8. The number of amides is 1. The Hall–Kier alpha value is -2.54. The second-order valence-electron chi connectivity index (χ2n) is 5.80. The molecule has 1 N–H and O–H groups in total. The number of hydrogen-bond acceptors (Lipinski definition) is 5. The highest BCUT2D eigenvalue weighted by molar-refractivity contribution is 7.90. The van der Waals surface area contributed by atoms with Gasteiger partial charge in [-0.1, -0.05) is 24.3 Å². The Labute approximate surface area is 154 Å². The zero-order chi connectivity index (χ0) is 19.2. The van der Waals surface area contributed by atoms with E-state index in [1.54, 1.807) is 24.3 Å². The topological polar surface area (TPSA) is 81.7 Å². The van der Waals surface area contributed by atoms with Crippen LogP contribution in [-0.2, 0) is 14.6 Å². The molecule has 7 heteroatoms. The predicted molar refractivity (Wildman–Crippen MR) is 99.2 cm³/mol. The van der Waals surface area contributed by atoms with Crippen molar-refractivity contribution in [2.75, 3.05) is 19.5 Å². The average Bonchev–Trinajstić information content (AvgIpc) is 2.60. The lowest BCUT2D eigenvalue weighted by molar-refractivity contribution is -0.123. The molecule has 0 heterocycles. The number of sulfone groups is 1. The van der Waals surface area contributed by atoms with Crippen LogP contribution in [0.1, 0.15) is 25.5 Å². The van der Waals surface area contributed by atoms with Gasteiger partial charge in [0.05, 0.1) is 17.5 Å². The van der Waals surface area contributed by atoms with Gasteiger partial charge in [-0.3, -0.25) is 4.79 Å². The molecule has 0 radical (unpaired) electrons. The quantitative estimate of drug-likeness (QED) is 0.765. The molecule has 0 saturated heterocycles. The molecule has 0 aliphatic heterocycles. The lowest BCUT2D eigenvalue weighted by Crippen LogP contribution is -2.31. The average molecular weight is 377 g/mol. The molecule has 0 bridgehead atoms.